The minimum absolute atomic E-state index is 0.0297. The Labute approximate surface area is 157 Å². The SMILES string of the molecule is O=C1CCC(N2Cc3c(CN[C@@H]4CNCC[C@H]4O)cccc3C2=O)C(=O)N1. The summed E-state index contributed by atoms with van der Waals surface area (Å²) in [6, 6.07) is 4.96. The fourth-order valence-electron chi connectivity index (χ4n) is 4.11. The van der Waals surface area contributed by atoms with E-state index in [4.69, 9.17) is 0 Å². The number of aliphatic hydroxyl groups excluding tert-OH is 1. The van der Waals surface area contributed by atoms with Gasteiger partial charge in [-0.2, -0.15) is 0 Å². The lowest BCUT2D eigenvalue weighted by molar-refractivity contribution is -0.136. The van der Waals surface area contributed by atoms with E-state index in [0.717, 1.165) is 17.7 Å². The zero-order chi connectivity index (χ0) is 19.0. The fraction of sp³-hybridized carbons (Fsp3) is 0.526. The summed E-state index contributed by atoms with van der Waals surface area (Å²) in [4.78, 5) is 37.9. The zero-order valence-electron chi connectivity index (χ0n) is 15.0. The number of imide groups is 1. The number of fused-ring (bicyclic) bond motifs is 1. The van der Waals surface area contributed by atoms with Gasteiger partial charge in [-0.05, 0) is 36.6 Å². The van der Waals surface area contributed by atoms with Gasteiger partial charge in [0.05, 0.1) is 6.10 Å². The van der Waals surface area contributed by atoms with Crippen LogP contribution in [-0.2, 0) is 22.7 Å². The molecular formula is C19H24N4O4. The van der Waals surface area contributed by atoms with Crippen molar-refractivity contribution in [1.82, 2.24) is 20.9 Å². The van der Waals surface area contributed by atoms with Crippen molar-refractivity contribution in [2.75, 3.05) is 13.1 Å². The van der Waals surface area contributed by atoms with Crippen LogP contribution in [0, 0.1) is 0 Å². The van der Waals surface area contributed by atoms with Gasteiger partial charge in [0.25, 0.3) is 5.91 Å². The lowest BCUT2D eigenvalue weighted by Gasteiger charge is -2.30. The molecule has 3 heterocycles. The van der Waals surface area contributed by atoms with Gasteiger partial charge in [0.2, 0.25) is 11.8 Å². The first-order chi connectivity index (χ1) is 13.0. The summed E-state index contributed by atoms with van der Waals surface area (Å²) >= 11 is 0. The van der Waals surface area contributed by atoms with Crippen LogP contribution in [0.15, 0.2) is 18.2 Å². The number of hydrogen-bond donors (Lipinski definition) is 4. The number of aliphatic hydroxyl groups is 1. The summed E-state index contributed by atoms with van der Waals surface area (Å²) in [5, 5.41) is 19.1. The molecule has 1 unspecified atom stereocenters. The van der Waals surface area contributed by atoms with Crippen LogP contribution < -0.4 is 16.0 Å². The molecule has 4 rings (SSSR count). The molecular weight excluding hydrogens is 348 g/mol. The Kier molecular flexibility index (Phi) is 4.94. The lowest BCUT2D eigenvalue weighted by Crippen LogP contribution is -2.52. The van der Waals surface area contributed by atoms with Crippen molar-refractivity contribution in [3.8, 4) is 0 Å². The van der Waals surface area contributed by atoms with E-state index in [1.165, 1.54) is 0 Å². The van der Waals surface area contributed by atoms with Crippen LogP contribution in [0.2, 0.25) is 0 Å². The Hall–Kier alpha value is -2.29. The molecule has 1 aromatic carbocycles. The molecule has 3 aliphatic heterocycles. The van der Waals surface area contributed by atoms with E-state index < -0.39 is 11.9 Å². The Morgan fingerprint density at radius 1 is 1.22 bits per heavy atom. The molecule has 8 nitrogen and oxygen atoms in total. The average molecular weight is 372 g/mol. The number of carbonyl (C=O) groups is 3. The van der Waals surface area contributed by atoms with Crippen molar-refractivity contribution < 1.29 is 19.5 Å². The molecule has 144 valence electrons. The van der Waals surface area contributed by atoms with Crippen LogP contribution in [0.4, 0.5) is 0 Å². The molecule has 2 fully saturated rings. The van der Waals surface area contributed by atoms with Crippen LogP contribution in [0.25, 0.3) is 0 Å². The third kappa shape index (κ3) is 3.47. The summed E-state index contributed by atoms with van der Waals surface area (Å²) < 4.78 is 0. The van der Waals surface area contributed by atoms with Crippen LogP contribution >= 0.6 is 0 Å². The van der Waals surface area contributed by atoms with Crippen molar-refractivity contribution >= 4 is 17.7 Å². The molecule has 0 bridgehead atoms. The Morgan fingerprint density at radius 2 is 2.07 bits per heavy atom. The first kappa shape index (κ1) is 18.1. The maximum Gasteiger partial charge on any atom is 0.255 e. The van der Waals surface area contributed by atoms with E-state index >= 15 is 0 Å². The first-order valence-corrected chi connectivity index (χ1v) is 9.42. The second-order valence-corrected chi connectivity index (χ2v) is 7.39. The minimum Gasteiger partial charge on any atom is -0.391 e. The molecule has 0 spiro atoms. The summed E-state index contributed by atoms with van der Waals surface area (Å²) in [5.41, 5.74) is 2.52. The van der Waals surface area contributed by atoms with Crippen molar-refractivity contribution in [2.24, 2.45) is 0 Å². The van der Waals surface area contributed by atoms with E-state index in [-0.39, 0.29) is 30.4 Å². The van der Waals surface area contributed by atoms with E-state index in [0.29, 0.717) is 38.0 Å². The number of benzene rings is 1. The molecule has 3 atom stereocenters. The molecule has 0 saturated carbocycles. The van der Waals surface area contributed by atoms with Crippen molar-refractivity contribution in [2.45, 2.75) is 50.5 Å². The largest absolute Gasteiger partial charge is 0.391 e. The monoisotopic (exact) mass is 372 g/mol. The highest BCUT2D eigenvalue weighted by Crippen LogP contribution is 2.29. The number of nitrogens with one attached hydrogen (secondary N) is 3. The second kappa shape index (κ2) is 7.38. The van der Waals surface area contributed by atoms with Crippen LogP contribution in [0.5, 0.6) is 0 Å². The average Bonchev–Trinajstić information content (AvgIpc) is 2.98. The molecule has 27 heavy (non-hydrogen) atoms. The number of hydrogen-bond acceptors (Lipinski definition) is 6. The summed E-state index contributed by atoms with van der Waals surface area (Å²) in [6.07, 6.45) is 0.937. The van der Waals surface area contributed by atoms with Crippen molar-refractivity contribution in [1.29, 1.82) is 0 Å². The Morgan fingerprint density at radius 3 is 2.85 bits per heavy atom. The number of piperidine rings is 2. The highest BCUT2D eigenvalue weighted by molar-refractivity contribution is 6.05. The van der Waals surface area contributed by atoms with E-state index in [9.17, 15) is 19.5 Å². The third-order valence-electron chi connectivity index (χ3n) is 5.68. The van der Waals surface area contributed by atoms with E-state index in [2.05, 4.69) is 16.0 Å². The van der Waals surface area contributed by atoms with Gasteiger partial charge in [-0.15, -0.1) is 0 Å². The highest BCUT2D eigenvalue weighted by atomic mass is 16.3. The van der Waals surface area contributed by atoms with Gasteiger partial charge in [0.15, 0.2) is 0 Å². The molecule has 0 radical (unpaired) electrons. The van der Waals surface area contributed by atoms with E-state index in [1.54, 1.807) is 11.0 Å². The third-order valence-corrected chi connectivity index (χ3v) is 5.68. The summed E-state index contributed by atoms with van der Waals surface area (Å²) in [7, 11) is 0. The van der Waals surface area contributed by atoms with Gasteiger partial charge >= 0.3 is 0 Å². The number of rotatable bonds is 4. The highest BCUT2D eigenvalue weighted by Gasteiger charge is 2.39. The molecule has 8 heteroatoms. The predicted molar refractivity (Wildman–Crippen MR) is 96.6 cm³/mol. The topological polar surface area (TPSA) is 111 Å². The maximum absolute atomic E-state index is 12.8. The molecule has 4 N–H and O–H groups in total. The molecule has 0 aliphatic carbocycles. The second-order valence-electron chi connectivity index (χ2n) is 7.39. The summed E-state index contributed by atoms with van der Waals surface area (Å²) in [6.45, 7) is 2.43. The first-order valence-electron chi connectivity index (χ1n) is 9.42. The Balaban J connectivity index is 1.49. The summed E-state index contributed by atoms with van der Waals surface area (Å²) in [5.74, 6) is -0.853. The standard InChI is InChI=1S/C19H24N4O4/c24-16-6-7-20-9-14(16)21-8-11-2-1-3-12-13(11)10-23(19(12)27)15-4-5-17(25)22-18(15)26/h1-3,14-16,20-21,24H,4-10H2,(H,22,25,26)/t14-,15?,16-/m1/s1. The molecule has 1 aromatic rings. The van der Waals surface area contributed by atoms with Gasteiger partial charge in [0.1, 0.15) is 6.04 Å². The number of carbonyl (C=O) groups excluding carboxylic acids is 3. The quantitative estimate of drug-likeness (QED) is 0.518. The molecule has 0 aromatic heterocycles. The van der Waals surface area contributed by atoms with E-state index in [1.807, 2.05) is 12.1 Å². The van der Waals surface area contributed by atoms with Gasteiger partial charge in [-0.25, -0.2) is 0 Å². The smallest absolute Gasteiger partial charge is 0.255 e. The number of nitrogens with zero attached hydrogens (tertiary/aromatic N) is 1. The van der Waals surface area contributed by atoms with Gasteiger partial charge in [-0.3, -0.25) is 19.7 Å². The maximum atomic E-state index is 12.8. The molecule has 2 saturated heterocycles. The van der Waals surface area contributed by atoms with Crippen LogP contribution in [0.1, 0.15) is 40.7 Å². The normalized spacial score (nSPS) is 28.3. The fourth-order valence-corrected chi connectivity index (χ4v) is 4.11. The lowest BCUT2D eigenvalue weighted by atomic mass is 10.0. The predicted octanol–water partition coefficient (Wildman–Crippen LogP) is -0.740. The minimum atomic E-state index is -0.604. The molecule has 3 amide bonds. The van der Waals surface area contributed by atoms with Crippen molar-refractivity contribution in [3.63, 3.8) is 0 Å². The van der Waals surface area contributed by atoms with Crippen molar-refractivity contribution in [3.05, 3.63) is 34.9 Å². The Bertz CT molecular complexity index is 781. The van der Waals surface area contributed by atoms with Gasteiger partial charge in [-0.1, -0.05) is 12.1 Å². The molecule has 3 aliphatic rings. The van der Waals surface area contributed by atoms with Crippen LogP contribution in [-0.4, -0.2) is 59.0 Å². The van der Waals surface area contributed by atoms with Gasteiger partial charge in [0, 0.05) is 37.7 Å². The van der Waals surface area contributed by atoms with Crippen LogP contribution in [0.3, 0.4) is 0 Å². The number of amides is 3. The van der Waals surface area contributed by atoms with Gasteiger partial charge < -0.3 is 20.6 Å². The zero-order valence-corrected chi connectivity index (χ0v) is 15.0.